The molecule has 3 aromatic rings. The molecule has 0 saturated heterocycles. The van der Waals surface area contributed by atoms with Crippen molar-refractivity contribution in [3.8, 4) is 0 Å². The second-order valence-electron chi connectivity index (χ2n) is 7.41. The number of furan rings is 1. The van der Waals surface area contributed by atoms with E-state index in [9.17, 15) is 4.79 Å². The molecular formula is C25H22N2O2. The lowest BCUT2D eigenvalue weighted by molar-refractivity contribution is 0.0623. The number of carbonyl (C=O) groups is 1. The third kappa shape index (κ3) is 3.27. The molecule has 0 saturated carbocycles. The van der Waals surface area contributed by atoms with E-state index in [0.29, 0.717) is 5.76 Å². The Morgan fingerprint density at radius 3 is 2.45 bits per heavy atom. The molecule has 1 N–H and O–H groups in total. The number of benzene rings is 2. The standard InChI is InChI=1S/C25H22N2O2/c28-25(22-15-8-16-29-22)27-24(19-11-5-2-6-12-19)21-14-7-13-20(23(21)26-27)17-18-9-3-1-4-10-18/h1-6,8-12,15-17,24,26H,7,13-14H2/b20-17+/t24-/m1/s1. The smallest absolute Gasteiger partial charge is 0.308 e. The fourth-order valence-electron chi connectivity index (χ4n) is 4.25. The van der Waals surface area contributed by atoms with Crippen molar-refractivity contribution in [3.05, 3.63) is 113 Å². The van der Waals surface area contributed by atoms with Gasteiger partial charge >= 0.3 is 5.91 Å². The van der Waals surface area contributed by atoms with Gasteiger partial charge in [0.25, 0.3) is 0 Å². The predicted octanol–water partition coefficient (Wildman–Crippen LogP) is 5.50. The van der Waals surface area contributed by atoms with Gasteiger partial charge in [0.15, 0.2) is 5.76 Å². The zero-order valence-corrected chi connectivity index (χ0v) is 16.0. The van der Waals surface area contributed by atoms with Crippen molar-refractivity contribution in [2.45, 2.75) is 25.3 Å². The first-order valence-electron chi connectivity index (χ1n) is 9.99. The summed E-state index contributed by atoms with van der Waals surface area (Å²) in [4.78, 5) is 13.2. The summed E-state index contributed by atoms with van der Waals surface area (Å²) in [7, 11) is 0. The summed E-state index contributed by atoms with van der Waals surface area (Å²) in [6.45, 7) is 0. The average molecular weight is 382 g/mol. The molecule has 0 unspecified atom stereocenters. The summed E-state index contributed by atoms with van der Waals surface area (Å²) in [6.07, 6.45) is 6.80. The second kappa shape index (κ2) is 7.47. The van der Waals surface area contributed by atoms with Crippen molar-refractivity contribution in [1.82, 2.24) is 10.4 Å². The van der Waals surface area contributed by atoms with E-state index in [-0.39, 0.29) is 11.9 Å². The van der Waals surface area contributed by atoms with E-state index in [1.807, 2.05) is 36.4 Å². The summed E-state index contributed by atoms with van der Waals surface area (Å²) in [5.74, 6) is 0.184. The fraction of sp³-hybridized carbons (Fsp3) is 0.160. The molecule has 4 nitrogen and oxygen atoms in total. The van der Waals surface area contributed by atoms with Crippen LogP contribution in [0.4, 0.5) is 0 Å². The number of nitrogens with one attached hydrogen (secondary N) is 1. The molecule has 1 atom stereocenters. The Labute approximate surface area is 170 Å². The van der Waals surface area contributed by atoms with Gasteiger partial charge in [0, 0.05) is 0 Å². The van der Waals surface area contributed by atoms with Crippen LogP contribution in [0.25, 0.3) is 6.08 Å². The van der Waals surface area contributed by atoms with Gasteiger partial charge in [-0.3, -0.25) is 10.2 Å². The van der Waals surface area contributed by atoms with Crippen molar-refractivity contribution >= 4 is 12.0 Å². The third-order valence-electron chi connectivity index (χ3n) is 5.56. The highest BCUT2D eigenvalue weighted by Gasteiger charge is 2.40. The van der Waals surface area contributed by atoms with E-state index >= 15 is 0 Å². The van der Waals surface area contributed by atoms with Crippen LogP contribution < -0.4 is 5.43 Å². The van der Waals surface area contributed by atoms with Crippen LogP contribution >= 0.6 is 0 Å². The van der Waals surface area contributed by atoms with Crippen molar-refractivity contribution in [1.29, 1.82) is 0 Å². The van der Waals surface area contributed by atoms with Gasteiger partial charge in [-0.2, -0.15) is 0 Å². The Hall–Kier alpha value is -3.53. The van der Waals surface area contributed by atoms with Gasteiger partial charge in [-0.05, 0) is 59.7 Å². The molecule has 1 aliphatic carbocycles. The quantitative estimate of drug-likeness (QED) is 0.650. The summed E-state index contributed by atoms with van der Waals surface area (Å²) in [5, 5.41) is 1.73. The molecule has 4 heteroatoms. The minimum Gasteiger partial charge on any atom is -0.459 e. The molecule has 1 amide bonds. The van der Waals surface area contributed by atoms with Crippen LogP contribution in [0.1, 0.15) is 47.0 Å². The third-order valence-corrected chi connectivity index (χ3v) is 5.56. The van der Waals surface area contributed by atoms with Crippen LogP contribution in [0.2, 0.25) is 0 Å². The topological polar surface area (TPSA) is 45.5 Å². The van der Waals surface area contributed by atoms with Crippen molar-refractivity contribution in [3.63, 3.8) is 0 Å². The summed E-state index contributed by atoms with van der Waals surface area (Å²) in [6, 6.07) is 23.9. The maximum Gasteiger partial charge on any atom is 0.308 e. The number of hydrogen-bond acceptors (Lipinski definition) is 3. The SMILES string of the molecule is O=C(c1ccco1)N1NC2=C(CCC/C2=C\c2ccccc2)[C@H]1c1ccccc1. The summed E-state index contributed by atoms with van der Waals surface area (Å²) in [5.41, 5.74) is 9.30. The normalized spacial score (nSPS) is 19.9. The number of nitrogens with zero attached hydrogens (tertiary/aromatic N) is 1. The van der Waals surface area contributed by atoms with Gasteiger partial charge in [-0.25, -0.2) is 5.01 Å². The van der Waals surface area contributed by atoms with Crippen LogP contribution in [0.15, 0.2) is 100 Å². The molecule has 29 heavy (non-hydrogen) atoms. The van der Waals surface area contributed by atoms with E-state index in [2.05, 4.69) is 35.8 Å². The highest BCUT2D eigenvalue weighted by atomic mass is 16.3. The minimum absolute atomic E-state index is 0.136. The Morgan fingerprint density at radius 2 is 1.72 bits per heavy atom. The van der Waals surface area contributed by atoms with Crippen LogP contribution in [0.3, 0.4) is 0 Å². The first-order valence-corrected chi connectivity index (χ1v) is 9.99. The number of hydrazine groups is 1. The van der Waals surface area contributed by atoms with Gasteiger partial charge in [-0.15, -0.1) is 0 Å². The second-order valence-corrected chi connectivity index (χ2v) is 7.41. The van der Waals surface area contributed by atoms with E-state index in [0.717, 1.165) is 30.5 Å². The molecule has 0 bridgehead atoms. The molecule has 2 aromatic carbocycles. The molecule has 5 rings (SSSR count). The van der Waals surface area contributed by atoms with Gasteiger partial charge < -0.3 is 4.42 Å². The highest BCUT2D eigenvalue weighted by Crippen LogP contribution is 2.44. The molecular weight excluding hydrogens is 360 g/mol. The molecule has 0 spiro atoms. The fourth-order valence-corrected chi connectivity index (χ4v) is 4.25. The van der Waals surface area contributed by atoms with Crippen LogP contribution in [-0.4, -0.2) is 10.9 Å². The largest absolute Gasteiger partial charge is 0.459 e. The Kier molecular flexibility index (Phi) is 4.53. The zero-order chi connectivity index (χ0) is 19.6. The zero-order valence-electron chi connectivity index (χ0n) is 16.0. The van der Waals surface area contributed by atoms with Crippen LogP contribution in [0, 0.1) is 0 Å². The first kappa shape index (κ1) is 17.6. The Bertz CT molecular complexity index is 1070. The average Bonchev–Trinajstić information content (AvgIpc) is 3.43. The molecule has 1 aliphatic heterocycles. The van der Waals surface area contributed by atoms with Crippen LogP contribution in [-0.2, 0) is 0 Å². The van der Waals surface area contributed by atoms with E-state index in [1.165, 1.54) is 23.0 Å². The summed E-state index contributed by atoms with van der Waals surface area (Å²) < 4.78 is 5.40. The molecule has 0 radical (unpaired) electrons. The van der Waals surface area contributed by atoms with Gasteiger partial charge in [0.1, 0.15) is 6.04 Å². The lowest BCUT2D eigenvalue weighted by Crippen LogP contribution is -2.40. The number of allylic oxidation sites excluding steroid dienone is 1. The number of rotatable bonds is 3. The molecule has 0 fully saturated rings. The molecule has 2 heterocycles. The van der Waals surface area contributed by atoms with E-state index in [1.54, 1.807) is 17.1 Å². The molecule has 1 aromatic heterocycles. The van der Waals surface area contributed by atoms with E-state index in [4.69, 9.17) is 4.42 Å². The van der Waals surface area contributed by atoms with Gasteiger partial charge in [0.05, 0.1) is 12.0 Å². The maximum atomic E-state index is 13.2. The highest BCUT2D eigenvalue weighted by molar-refractivity contribution is 5.92. The van der Waals surface area contributed by atoms with Crippen molar-refractivity contribution < 1.29 is 9.21 Å². The number of hydrogen-bond donors (Lipinski definition) is 1. The van der Waals surface area contributed by atoms with Crippen molar-refractivity contribution in [2.24, 2.45) is 0 Å². The maximum absolute atomic E-state index is 13.2. The minimum atomic E-state index is -0.155. The Morgan fingerprint density at radius 1 is 0.966 bits per heavy atom. The molecule has 144 valence electrons. The first-order chi connectivity index (χ1) is 14.3. The Balaban J connectivity index is 1.58. The van der Waals surface area contributed by atoms with Gasteiger partial charge in [0.2, 0.25) is 0 Å². The lowest BCUT2D eigenvalue weighted by atomic mass is 9.86. The number of carbonyl (C=O) groups excluding carboxylic acids is 1. The van der Waals surface area contributed by atoms with Crippen molar-refractivity contribution in [2.75, 3.05) is 0 Å². The summed E-state index contributed by atoms with van der Waals surface area (Å²) >= 11 is 0. The van der Waals surface area contributed by atoms with Crippen LogP contribution in [0.5, 0.6) is 0 Å². The molecule has 2 aliphatic rings. The van der Waals surface area contributed by atoms with E-state index < -0.39 is 0 Å². The lowest BCUT2D eigenvalue weighted by Gasteiger charge is -2.26. The predicted molar refractivity (Wildman–Crippen MR) is 112 cm³/mol. The number of amides is 1. The monoisotopic (exact) mass is 382 g/mol. The van der Waals surface area contributed by atoms with Gasteiger partial charge in [-0.1, -0.05) is 60.7 Å².